The molecular weight excluding hydrogens is 262 g/mol. The zero-order valence-electron chi connectivity index (χ0n) is 14.5. The maximum atomic E-state index is 10.7. The van der Waals surface area contributed by atoms with Crippen LogP contribution in [-0.4, -0.2) is 16.3 Å². The van der Waals surface area contributed by atoms with E-state index < -0.39 is 12.1 Å². The van der Waals surface area contributed by atoms with Gasteiger partial charge in [-0.1, -0.05) is 48.5 Å². The Morgan fingerprint density at radius 3 is 1.67 bits per heavy atom. The molecule has 21 heavy (non-hydrogen) atoms. The molecule has 1 aromatic rings. The van der Waals surface area contributed by atoms with Crippen LogP contribution in [0.15, 0.2) is 12.1 Å². The van der Waals surface area contributed by atoms with Gasteiger partial charge in [0.25, 0.3) is 0 Å². The van der Waals surface area contributed by atoms with Crippen LogP contribution in [-0.2, 0) is 10.8 Å². The van der Waals surface area contributed by atoms with Crippen molar-refractivity contribution in [1.82, 2.24) is 0 Å². The van der Waals surface area contributed by atoms with Gasteiger partial charge in [0.1, 0.15) is 5.75 Å². The van der Waals surface area contributed by atoms with E-state index in [9.17, 15) is 10.2 Å². The van der Waals surface area contributed by atoms with Gasteiger partial charge in [-0.25, -0.2) is 0 Å². The summed E-state index contributed by atoms with van der Waals surface area (Å²) in [6.07, 6.45) is 0.0350. The van der Waals surface area contributed by atoms with E-state index >= 15 is 0 Å². The molecule has 0 aliphatic carbocycles. The molecule has 0 heterocycles. The van der Waals surface area contributed by atoms with Crippen molar-refractivity contribution in [3.8, 4) is 5.75 Å². The first kappa shape index (κ1) is 18.0. The Morgan fingerprint density at radius 1 is 1.00 bits per heavy atom. The maximum Gasteiger partial charge on any atom is 0.123 e. The molecule has 1 aromatic carbocycles. The van der Waals surface area contributed by atoms with E-state index in [0.29, 0.717) is 12.2 Å². The van der Waals surface area contributed by atoms with Gasteiger partial charge in [0.15, 0.2) is 0 Å². The molecule has 0 aliphatic rings. The average molecular weight is 293 g/mol. The number of aromatic hydroxyl groups is 1. The van der Waals surface area contributed by atoms with Gasteiger partial charge in [0, 0.05) is 0 Å². The predicted molar refractivity (Wildman–Crippen MR) is 88.7 cm³/mol. The Bertz CT molecular complexity index is 460. The normalized spacial score (nSPS) is 15.9. The fraction of sp³-hybridized carbons (Fsp3) is 0.667. The van der Waals surface area contributed by atoms with E-state index in [4.69, 9.17) is 5.73 Å². The molecule has 0 saturated carbocycles. The molecule has 0 fully saturated rings. The van der Waals surface area contributed by atoms with Crippen molar-refractivity contribution in [2.45, 2.75) is 77.9 Å². The van der Waals surface area contributed by atoms with Crippen LogP contribution in [0.1, 0.15) is 77.6 Å². The highest BCUT2D eigenvalue weighted by Crippen LogP contribution is 2.40. The van der Waals surface area contributed by atoms with E-state index in [2.05, 4.69) is 41.5 Å². The Labute approximate surface area is 129 Å². The lowest BCUT2D eigenvalue weighted by atomic mass is 9.77. The number of benzene rings is 1. The second kappa shape index (κ2) is 5.98. The molecule has 0 saturated heterocycles. The first-order valence-electron chi connectivity index (χ1n) is 7.71. The minimum absolute atomic E-state index is 0.184. The highest BCUT2D eigenvalue weighted by atomic mass is 16.3. The van der Waals surface area contributed by atoms with Crippen molar-refractivity contribution >= 4 is 0 Å². The monoisotopic (exact) mass is 293 g/mol. The minimum Gasteiger partial charge on any atom is -0.507 e. The van der Waals surface area contributed by atoms with Crippen LogP contribution >= 0.6 is 0 Å². The molecule has 120 valence electrons. The first-order chi connectivity index (χ1) is 9.39. The Kier molecular flexibility index (Phi) is 5.12. The second-order valence-corrected chi connectivity index (χ2v) is 7.97. The Balaban J connectivity index is 3.55. The lowest BCUT2D eigenvalue weighted by Crippen LogP contribution is -2.27. The van der Waals surface area contributed by atoms with E-state index in [-0.39, 0.29) is 10.8 Å². The van der Waals surface area contributed by atoms with Gasteiger partial charge in [0.05, 0.1) is 12.1 Å². The zero-order valence-corrected chi connectivity index (χ0v) is 14.5. The third kappa shape index (κ3) is 3.98. The van der Waals surface area contributed by atoms with Crippen LogP contribution in [0.5, 0.6) is 5.75 Å². The van der Waals surface area contributed by atoms with E-state index in [0.717, 1.165) is 16.7 Å². The quantitative estimate of drug-likeness (QED) is 0.795. The highest BCUT2D eigenvalue weighted by Gasteiger charge is 2.28. The van der Waals surface area contributed by atoms with Gasteiger partial charge in [0.2, 0.25) is 0 Å². The molecule has 3 heteroatoms. The molecule has 4 N–H and O–H groups in total. The number of aliphatic hydroxyl groups excluding tert-OH is 1. The molecule has 0 aliphatic heterocycles. The fourth-order valence-electron chi connectivity index (χ4n) is 2.47. The summed E-state index contributed by atoms with van der Waals surface area (Å²) in [5.74, 6) is 0.344. The largest absolute Gasteiger partial charge is 0.507 e. The summed E-state index contributed by atoms with van der Waals surface area (Å²) in [7, 11) is 0. The number of nitrogens with two attached hydrogens (primary N) is 1. The number of hydrogen-bond donors (Lipinski definition) is 3. The standard InChI is InChI=1S/C18H31NO2/c1-8-14(20)15(19)11-9-12(17(2,3)4)16(21)13(10-11)18(5,6)7/h9-10,14-15,20-21H,8,19H2,1-7H3/t14-,15+/m1/s1. The summed E-state index contributed by atoms with van der Waals surface area (Å²) in [5.41, 5.74) is 8.47. The molecule has 0 unspecified atom stereocenters. The van der Waals surface area contributed by atoms with Crippen molar-refractivity contribution in [1.29, 1.82) is 0 Å². The smallest absolute Gasteiger partial charge is 0.123 e. The summed E-state index contributed by atoms with van der Waals surface area (Å²) in [6, 6.07) is 3.44. The van der Waals surface area contributed by atoms with Gasteiger partial charge < -0.3 is 15.9 Å². The third-order valence-corrected chi connectivity index (χ3v) is 3.97. The van der Waals surface area contributed by atoms with Gasteiger partial charge in [-0.15, -0.1) is 0 Å². The molecule has 2 atom stereocenters. The van der Waals surface area contributed by atoms with Gasteiger partial charge >= 0.3 is 0 Å². The third-order valence-electron chi connectivity index (χ3n) is 3.97. The minimum atomic E-state index is -0.574. The van der Waals surface area contributed by atoms with Crippen molar-refractivity contribution in [2.24, 2.45) is 5.73 Å². The Hall–Kier alpha value is -1.06. The van der Waals surface area contributed by atoms with Crippen molar-refractivity contribution < 1.29 is 10.2 Å². The van der Waals surface area contributed by atoms with Crippen LogP contribution in [0.25, 0.3) is 0 Å². The molecule has 0 aromatic heterocycles. The SMILES string of the molecule is CC[C@@H](O)[C@@H](N)c1cc(C(C)(C)C)c(O)c(C(C)(C)C)c1. The molecule has 0 radical (unpaired) electrons. The Morgan fingerprint density at radius 2 is 1.38 bits per heavy atom. The number of aliphatic hydroxyl groups is 1. The zero-order chi connectivity index (χ0) is 16.6. The lowest BCUT2D eigenvalue weighted by molar-refractivity contribution is 0.140. The molecule has 0 amide bonds. The van der Waals surface area contributed by atoms with Gasteiger partial charge in [-0.2, -0.15) is 0 Å². The van der Waals surface area contributed by atoms with Crippen LogP contribution in [0.3, 0.4) is 0 Å². The van der Waals surface area contributed by atoms with Crippen LogP contribution < -0.4 is 5.73 Å². The second-order valence-electron chi connectivity index (χ2n) is 7.97. The average Bonchev–Trinajstić information content (AvgIpc) is 2.34. The van der Waals surface area contributed by atoms with Crippen molar-refractivity contribution in [2.75, 3.05) is 0 Å². The maximum absolute atomic E-state index is 10.7. The van der Waals surface area contributed by atoms with Crippen LogP contribution in [0, 0.1) is 0 Å². The van der Waals surface area contributed by atoms with E-state index in [1.165, 1.54) is 0 Å². The molecular formula is C18H31NO2. The summed E-state index contributed by atoms with van der Waals surface area (Å²) in [6.45, 7) is 14.3. The summed E-state index contributed by atoms with van der Waals surface area (Å²) in [4.78, 5) is 0. The number of phenols is 1. The highest BCUT2D eigenvalue weighted by molar-refractivity contribution is 5.50. The fourth-order valence-corrected chi connectivity index (χ4v) is 2.47. The molecule has 1 rings (SSSR count). The number of rotatable bonds is 3. The van der Waals surface area contributed by atoms with Crippen LogP contribution in [0.4, 0.5) is 0 Å². The lowest BCUT2D eigenvalue weighted by Gasteiger charge is -2.30. The first-order valence-corrected chi connectivity index (χ1v) is 7.71. The van der Waals surface area contributed by atoms with E-state index in [1.807, 2.05) is 19.1 Å². The summed E-state index contributed by atoms with van der Waals surface area (Å²) < 4.78 is 0. The predicted octanol–water partition coefficient (Wildman–Crippen LogP) is 3.76. The molecule has 0 spiro atoms. The molecule has 3 nitrogen and oxygen atoms in total. The molecule has 0 bridgehead atoms. The summed E-state index contributed by atoms with van der Waals surface area (Å²) in [5, 5.41) is 20.7. The van der Waals surface area contributed by atoms with Gasteiger partial charge in [-0.3, -0.25) is 0 Å². The number of hydrogen-bond acceptors (Lipinski definition) is 3. The summed E-state index contributed by atoms with van der Waals surface area (Å²) >= 11 is 0. The number of phenolic OH excluding ortho intramolecular Hbond substituents is 1. The van der Waals surface area contributed by atoms with E-state index in [1.54, 1.807) is 0 Å². The van der Waals surface area contributed by atoms with Crippen LogP contribution in [0.2, 0.25) is 0 Å². The topological polar surface area (TPSA) is 66.5 Å². The van der Waals surface area contributed by atoms with Crippen molar-refractivity contribution in [3.63, 3.8) is 0 Å². The van der Waals surface area contributed by atoms with Gasteiger partial charge in [-0.05, 0) is 46.1 Å². The van der Waals surface area contributed by atoms with Crippen molar-refractivity contribution in [3.05, 3.63) is 28.8 Å².